The van der Waals surface area contributed by atoms with Crippen LogP contribution in [0.25, 0.3) is 0 Å². The highest BCUT2D eigenvalue weighted by Gasteiger charge is 2.60. The predicted molar refractivity (Wildman–Crippen MR) is 164 cm³/mol. The summed E-state index contributed by atoms with van der Waals surface area (Å²) in [6, 6.07) is 16.7. The van der Waals surface area contributed by atoms with Crippen molar-refractivity contribution in [3.05, 3.63) is 98.8 Å². The van der Waals surface area contributed by atoms with Crippen LogP contribution in [0.3, 0.4) is 0 Å². The maximum absolute atomic E-state index is 14.8. The molecule has 2 N–H and O–H groups in total. The van der Waals surface area contributed by atoms with Crippen molar-refractivity contribution in [2.45, 2.75) is 49.6 Å². The molecule has 0 aliphatic carbocycles. The van der Waals surface area contributed by atoms with Gasteiger partial charge in [-0.2, -0.15) is 0 Å². The normalized spacial score (nSPS) is 24.8. The first kappa shape index (κ1) is 29.1. The number of sulfonamides is 1. The number of anilines is 1. The van der Waals surface area contributed by atoms with Gasteiger partial charge in [-0.1, -0.05) is 47.5 Å². The molecule has 0 radical (unpaired) electrons. The van der Waals surface area contributed by atoms with Crippen LogP contribution in [0.5, 0.6) is 0 Å². The third-order valence-corrected chi connectivity index (χ3v) is 10.6. The Morgan fingerprint density at radius 2 is 1.79 bits per heavy atom. The van der Waals surface area contributed by atoms with Crippen molar-refractivity contribution in [3.8, 4) is 0 Å². The fraction of sp³-hybridized carbons (Fsp3) is 0.355. The first-order valence-electron chi connectivity index (χ1n) is 13.9. The van der Waals surface area contributed by atoms with E-state index in [-0.39, 0.29) is 11.9 Å². The van der Waals surface area contributed by atoms with Crippen LogP contribution in [0.2, 0.25) is 10.0 Å². The van der Waals surface area contributed by atoms with E-state index >= 15 is 0 Å². The molecule has 0 saturated carbocycles. The van der Waals surface area contributed by atoms with Crippen LogP contribution >= 0.6 is 23.2 Å². The first-order chi connectivity index (χ1) is 20.0. The summed E-state index contributed by atoms with van der Waals surface area (Å²) in [4.78, 5) is 19.6. The maximum atomic E-state index is 14.8. The highest BCUT2D eigenvalue weighted by molar-refractivity contribution is 7.88. The van der Waals surface area contributed by atoms with Gasteiger partial charge in [-0.3, -0.25) is 9.79 Å². The lowest BCUT2D eigenvalue weighted by Crippen LogP contribution is -2.52. The molecule has 6 rings (SSSR count). The maximum Gasteiger partial charge on any atom is 0.238 e. The zero-order valence-electron chi connectivity index (χ0n) is 23.2. The zero-order valence-corrected chi connectivity index (χ0v) is 25.5. The minimum atomic E-state index is -3.26. The third-order valence-electron chi connectivity index (χ3n) is 8.80. The van der Waals surface area contributed by atoms with Crippen LogP contribution in [-0.4, -0.2) is 49.9 Å². The standard InChI is InChI=1S/C31H31Cl2FN4O3S/c1-18-6-8-22(34)16-24(18)29-31(25-9-7-21(33)15-27(25)36-30(31)39)26(19-4-3-5-20(32)14-19)17-28(37-29)35-23-10-12-38(13-11-23)42(2,40)41/h3-9,14-16,23,26,29H,10-13,17H2,1-2H3,(H,35,37)(H,36,39)/t26-,29+,31-/m1/s1. The number of aryl methyl sites for hydroxylation is 1. The Kier molecular flexibility index (Phi) is 7.58. The molecular weight excluding hydrogens is 598 g/mol. The molecule has 7 nitrogen and oxygen atoms in total. The average Bonchev–Trinajstić information content (AvgIpc) is 3.21. The van der Waals surface area contributed by atoms with Gasteiger partial charge < -0.3 is 10.6 Å². The zero-order chi connectivity index (χ0) is 29.8. The van der Waals surface area contributed by atoms with E-state index < -0.39 is 33.2 Å². The molecule has 42 heavy (non-hydrogen) atoms. The van der Waals surface area contributed by atoms with Gasteiger partial charge in [-0.05, 0) is 78.4 Å². The van der Waals surface area contributed by atoms with E-state index in [0.717, 1.165) is 16.7 Å². The van der Waals surface area contributed by atoms with Crippen LogP contribution in [0, 0.1) is 12.7 Å². The summed E-state index contributed by atoms with van der Waals surface area (Å²) < 4.78 is 40.5. The smallest absolute Gasteiger partial charge is 0.238 e. The molecule has 3 aliphatic heterocycles. The van der Waals surface area contributed by atoms with Crippen LogP contribution in [0.1, 0.15) is 53.5 Å². The largest absolute Gasteiger partial charge is 0.371 e. The van der Waals surface area contributed by atoms with Crippen molar-refractivity contribution >= 4 is 50.7 Å². The van der Waals surface area contributed by atoms with Gasteiger partial charge in [0.25, 0.3) is 0 Å². The van der Waals surface area contributed by atoms with Gasteiger partial charge in [0.2, 0.25) is 15.9 Å². The summed E-state index contributed by atoms with van der Waals surface area (Å²) in [7, 11) is -3.26. The molecule has 1 amide bonds. The van der Waals surface area contributed by atoms with Gasteiger partial charge in [0, 0.05) is 47.2 Å². The average molecular weight is 630 g/mol. The Balaban J connectivity index is 1.52. The molecule has 3 aliphatic rings. The molecule has 11 heteroatoms. The Hall–Kier alpha value is -2.98. The molecule has 3 atom stereocenters. The van der Waals surface area contributed by atoms with Crippen molar-refractivity contribution in [1.29, 1.82) is 0 Å². The molecule has 3 heterocycles. The number of nitrogens with one attached hydrogen (secondary N) is 2. The highest BCUT2D eigenvalue weighted by atomic mass is 35.5. The number of amides is 1. The Morgan fingerprint density at radius 1 is 1.05 bits per heavy atom. The van der Waals surface area contributed by atoms with Gasteiger partial charge in [-0.25, -0.2) is 17.1 Å². The molecule has 1 fully saturated rings. The number of hydrogen-bond acceptors (Lipinski definition) is 5. The first-order valence-corrected chi connectivity index (χ1v) is 16.5. The fourth-order valence-corrected chi connectivity index (χ4v) is 8.03. The SMILES string of the molecule is Cc1ccc(F)cc1[C@@H]1N=C(NC2CCN(S(C)(=O)=O)CC2)C[C@H](c2cccc(Cl)c2)[C@@]12C(=O)Nc1cc(Cl)ccc12. The van der Waals surface area contributed by atoms with Crippen molar-refractivity contribution < 1.29 is 17.6 Å². The van der Waals surface area contributed by atoms with E-state index in [1.807, 2.05) is 31.2 Å². The lowest BCUT2D eigenvalue weighted by atomic mass is 9.59. The molecule has 0 aromatic heterocycles. The van der Waals surface area contributed by atoms with Crippen molar-refractivity contribution in [2.75, 3.05) is 24.7 Å². The van der Waals surface area contributed by atoms with E-state index in [4.69, 9.17) is 28.2 Å². The summed E-state index contributed by atoms with van der Waals surface area (Å²) in [5, 5.41) is 7.68. The van der Waals surface area contributed by atoms with Crippen LogP contribution < -0.4 is 10.6 Å². The number of nitrogens with zero attached hydrogens (tertiary/aromatic N) is 2. The third kappa shape index (κ3) is 5.10. The van der Waals surface area contributed by atoms with Gasteiger partial charge in [0.1, 0.15) is 11.2 Å². The molecule has 0 unspecified atom stereocenters. The van der Waals surface area contributed by atoms with Gasteiger partial charge in [-0.15, -0.1) is 0 Å². The number of benzene rings is 3. The van der Waals surface area contributed by atoms with Gasteiger partial charge >= 0.3 is 0 Å². The number of rotatable bonds is 4. The van der Waals surface area contributed by atoms with Crippen LogP contribution in [-0.2, 0) is 20.2 Å². The summed E-state index contributed by atoms with van der Waals surface area (Å²) in [6.45, 7) is 2.72. The lowest BCUT2D eigenvalue weighted by Gasteiger charge is -2.45. The number of piperidine rings is 1. The Bertz CT molecular complexity index is 1710. The highest BCUT2D eigenvalue weighted by Crippen LogP contribution is 2.59. The van der Waals surface area contributed by atoms with E-state index in [2.05, 4.69) is 10.6 Å². The Morgan fingerprint density at radius 3 is 2.50 bits per heavy atom. The number of carbonyl (C=O) groups is 1. The van der Waals surface area contributed by atoms with Crippen molar-refractivity contribution in [1.82, 2.24) is 9.62 Å². The number of carbonyl (C=O) groups excluding carboxylic acids is 1. The topological polar surface area (TPSA) is 90.9 Å². The van der Waals surface area contributed by atoms with Gasteiger partial charge in [0.05, 0.1) is 18.1 Å². The second-order valence-electron chi connectivity index (χ2n) is 11.4. The van der Waals surface area contributed by atoms with E-state index in [0.29, 0.717) is 59.5 Å². The predicted octanol–water partition coefficient (Wildman–Crippen LogP) is 5.97. The van der Waals surface area contributed by atoms with Crippen LogP contribution in [0.15, 0.2) is 65.7 Å². The molecule has 3 aromatic rings. The second kappa shape index (κ2) is 10.9. The molecule has 3 aromatic carbocycles. The molecule has 0 bridgehead atoms. The number of fused-ring (bicyclic) bond motifs is 2. The summed E-state index contributed by atoms with van der Waals surface area (Å²) in [5.41, 5.74) is 2.44. The Labute approximate surface area is 255 Å². The van der Waals surface area contributed by atoms with Crippen molar-refractivity contribution in [2.24, 2.45) is 4.99 Å². The molecule has 1 spiro atoms. The number of amidine groups is 1. The minimum absolute atomic E-state index is 0.00596. The molecule has 1 saturated heterocycles. The van der Waals surface area contributed by atoms with Gasteiger partial charge in [0.15, 0.2) is 0 Å². The quantitative estimate of drug-likeness (QED) is 0.372. The molecule has 220 valence electrons. The summed E-state index contributed by atoms with van der Waals surface area (Å²) in [5.74, 6) is -0.374. The van der Waals surface area contributed by atoms with Crippen molar-refractivity contribution in [3.63, 3.8) is 0 Å². The van der Waals surface area contributed by atoms with E-state index in [1.54, 1.807) is 24.3 Å². The second-order valence-corrected chi connectivity index (χ2v) is 14.2. The fourth-order valence-electron chi connectivity index (χ4n) is 6.79. The van der Waals surface area contributed by atoms with E-state index in [9.17, 15) is 17.6 Å². The summed E-state index contributed by atoms with van der Waals surface area (Å²) >= 11 is 12.8. The van der Waals surface area contributed by atoms with E-state index in [1.165, 1.54) is 22.7 Å². The molecular formula is C31H31Cl2FN4O3S. The lowest BCUT2D eigenvalue weighted by molar-refractivity contribution is -0.122. The minimum Gasteiger partial charge on any atom is -0.371 e. The monoisotopic (exact) mass is 628 g/mol. The summed E-state index contributed by atoms with van der Waals surface area (Å²) in [6.07, 6.45) is 2.85. The number of halogens is 3. The van der Waals surface area contributed by atoms with Crippen LogP contribution in [0.4, 0.5) is 10.1 Å². The number of aliphatic imine (C=N–C) groups is 1. The number of hydrogen-bond donors (Lipinski definition) is 2.